The largest absolute Gasteiger partial charge is 0.465 e. The quantitative estimate of drug-likeness (QED) is 0.482. The molecule has 0 saturated carbocycles. The van der Waals surface area contributed by atoms with Crippen molar-refractivity contribution >= 4 is 43.9 Å². The van der Waals surface area contributed by atoms with Crippen LogP contribution in [0.1, 0.15) is 39.2 Å². The number of fused-ring (bicyclic) bond motifs is 1. The lowest BCUT2D eigenvalue weighted by Gasteiger charge is -2.24. The van der Waals surface area contributed by atoms with Crippen molar-refractivity contribution in [3.05, 3.63) is 76.2 Å². The zero-order valence-corrected chi connectivity index (χ0v) is 20.7. The van der Waals surface area contributed by atoms with Gasteiger partial charge in [0, 0.05) is 4.88 Å². The number of methoxy groups -OCH3 is 1. The second kappa shape index (κ2) is 9.99. The molecule has 1 aliphatic carbocycles. The third-order valence-corrected chi connectivity index (χ3v) is 8.75. The second-order valence-electron chi connectivity index (χ2n) is 8.12. The van der Waals surface area contributed by atoms with E-state index >= 15 is 0 Å². The number of esters is 1. The highest BCUT2D eigenvalue weighted by molar-refractivity contribution is 7.92. The van der Waals surface area contributed by atoms with E-state index in [4.69, 9.17) is 4.74 Å². The number of carbonyl (C=O) groups excluding carboxylic acids is 2. The first-order valence-electron chi connectivity index (χ1n) is 11.0. The SMILES string of the molecule is COC(=O)c1c(NC(=O)CN(c2ccc(C)cc2)S(=O)(=O)c2ccccc2)sc2c1CCCC2. The van der Waals surface area contributed by atoms with Crippen LogP contribution < -0.4 is 9.62 Å². The molecule has 1 heterocycles. The Balaban J connectivity index is 1.67. The van der Waals surface area contributed by atoms with Crippen LogP contribution in [0.5, 0.6) is 0 Å². The number of thiophene rings is 1. The molecule has 0 radical (unpaired) electrons. The fourth-order valence-electron chi connectivity index (χ4n) is 4.01. The van der Waals surface area contributed by atoms with Gasteiger partial charge < -0.3 is 10.1 Å². The Kier molecular flexibility index (Phi) is 7.04. The van der Waals surface area contributed by atoms with Gasteiger partial charge in [0.15, 0.2) is 0 Å². The molecule has 1 aliphatic rings. The standard InChI is InChI=1S/C25H26N2O5S2/c1-17-12-14-18(15-13-17)27(34(30,31)19-8-4-3-5-9-19)16-22(28)26-24-23(25(29)32-2)20-10-6-7-11-21(20)33-24/h3-5,8-9,12-15H,6-7,10-11,16H2,1-2H3,(H,26,28). The van der Waals surface area contributed by atoms with Gasteiger partial charge in [-0.05, 0) is 62.4 Å². The summed E-state index contributed by atoms with van der Waals surface area (Å²) in [6.07, 6.45) is 3.59. The van der Waals surface area contributed by atoms with Crippen LogP contribution >= 0.6 is 11.3 Å². The van der Waals surface area contributed by atoms with Crippen LogP contribution in [0.2, 0.25) is 0 Å². The summed E-state index contributed by atoms with van der Waals surface area (Å²) in [5.41, 5.74) is 2.65. The van der Waals surface area contributed by atoms with Gasteiger partial charge in [-0.25, -0.2) is 13.2 Å². The van der Waals surface area contributed by atoms with Crippen molar-refractivity contribution in [3.63, 3.8) is 0 Å². The smallest absolute Gasteiger partial charge is 0.341 e. The summed E-state index contributed by atoms with van der Waals surface area (Å²) >= 11 is 1.36. The number of amides is 1. The maximum atomic E-state index is 13.5. The predicted molar refractivity (Wildman–Crippen MR) is 133 cm³/mol. The first-order valence-corrected chi connectivity index (χ1v) is 13.2. The van der Waals surface area contributed by atoms with Gasteiger partial charge in [0.1, 0.15) is 11.5 Å². The normalized spacial score (nSPS) is 13.1. The molecule has 178 valence electrons. The summed E-state index contributed by atoms with van der Waals surface area (Å²) in [5, 5.41) is 3.20. The fraction of sp³-hybridized carbons (Fsp3) is 0.280. The highest BCUT2D eigenvalue weighted by atomic mass is 32.2. The molecule has 1 N–H and O–H groups in total. The lowest BCUT2D eigenvalue weighted by atomic mass is 9.95. The number of hydrogen-bond donors (Lipinski definition) is 1. The first kappa shape index (κ1) is 24.0. The van der Waals surface area contributed by atoms with Crippen molar-refractivity contribution in [1.82, 2.24) is 0 Å². The van der Waals surface area contributed by atoms with Gasteiger partial charge in [0.05, 0.1) is 23.3 Å². The summed E-state index contributed by atoms with van der Waals surface area (Å²) in [5.74, 6) is -1.04. The Hall–Kier alpha value is -3.17. The van der Waals surface area contributed by atoms with Gasteiger partial charge in [-0.15, -0.1) is 11.3 Å². The zero-order chi connectivity index (χ0) is 24.3. The summed E-state index contributed by atoms with van der Waals surface area (Å²) in [6.45, 7) is 1.46. The topological polar surface area (TPSA) is 92.8 Å². The summed E-state index contributed by atoms with van der Waals surface area (Å²) in [7, 11) is -2.69. The molecule has 0 fully saturated rings. The Morgan fingerprint density at radius 3 is 2.38 bits per heavy atom. The van der Waals surface area contributed by atoms with Crippen LogP contribution in [0.25, 0.3) is 0 Å². The molecule has 9 heteroatoms. The van der Waals surface area contributed by atoms with Gasteiger partial charge >= 0.3 is 5.97 Å². The minimum atomic E-state index is -4.00. The second-order valence-corrected chi connectivity index (χ2v) is 11.1. The number of aryl methyl sites for hydroxylation is 2. The Labute approximate surface area is 203 Å². The third kappa shape index (κ3) is 4.85. The van der Waals surface area contributed by atoms with Gasteiger partial charge in [0.25, 0.3) is 10.0 Å². The molecular formula is C25H26N2O5S2. The van der Waals surface area contributed by atoms with E-state index in [2.05, 4.69) is 5.32 Å². The molecule has 0 bridgehead atoms. The molecule has 0 aliphatic heterocycles. The van der Waals surface area contributed by atoms with Crippen LogP contribution in [-0.4, -0.2) is 33.9 Å². The molecule has 0 unspecified atom stereocenters. The van der Waals surface area contributed by atoms with Crippen molar-refractivity contribution in [2.75, 3.05) is 23.3 Å². The van der Waals surface area contributed by atoms with E-state index in [0.29, 0.717) is 16.3 Å². The van der Waals surface area contributed by atoms with Gasteiger partial charge in [-0.2, -0.15) is 0 Å². The molecular weight excluding hydrogens is 472 g/mol. The summed E-state index contributed by atoms with van der Waals surface area (Å²) < 4.78 is 33.0. The molecule has 1 amide bonds. The molecule has 3 aromatic rings. The van der Waals surface area contributed by atoms with E-state index in [1.54, 1.807) is 42.5 Å². The van der Waals surface area contributed by atoms with E-state index < -0.39 is 28.4 Å². The van der Waals surface area contributed by atoms with Crippen molar-refractivity contribution < 1.29 is 22.7 Å². The Morgan fingerprint density at radius 1 is 1.03 bits per heavy atom. The average molecular weight is 499 g/mol. The monoisotopic (exact) mass is 498 g/mol. The zero-order valence-electron chi connectivity index (χ0n) is 19.0. The fourth-order valence-corrected chi connectivity index (χ4v) is 6.75. The van der Waals surface area contributed by atoms with E-state index in [0.717, 1.165) is 46.0 Å². The van der Waals surface area contributed by atoms with E-state index in [-0.39, 0.29) is 4.90 Å². The van der Waals surface area contributed by atoms with Gasteiger partial charge in [0.2, 0.25) is 5.91 Å². The highest BCUT2D eigenvalue weighted by Crippen LogP contribution is 2.38. The van der Waals surface area contributed by atoms with Crippen molar-refractivity contribution in [3.8, 4) is 0 Å². The summed E-state index contributed by atoms with van der Waals surface area (Å²) in [4.78, 5) is 26.8. The van der Waals surface area contributed by atoms with Crippen molar-refractivity contribution in [2.45, 2.75) is 37.5 Å². The average Bonchev–Trinajstić information content (AvgIpc) is 3.21. The number of nitrogens with one attached hydrogen (secondary N) is 1. The number of hydrogen-bond acceptors (Lipinski definition) is 6. The highest BCUT2D eigenvalue weighted by Gasteiger charge is 2.30. The summed E-state index contributed by atoms with van der Waals surface area (Å²) in [6, 6.07) is 14.9. The number of sulfonamides is 1. The van der Waals surface area contributed by atoms with Gasteiger partial charge in [-0.3, -0.25) is 9.10 Å². The maximum absolute atomic E-state index is 13.5. The van der Waals surface area contributed by atoms with E-state index in [1.807, 2.05) is 6.92 Å². The number of anilines is 2. The van der Waals surface area contributed by atoms with E-state index in [1.165, 1.54) is 30.6 Å². The molecule has 2 aromatic carbocycles. The van der Waals surface area contributed by atoms with Gasteiger partial charge in [-0.1, -0.05) is 35.9 Å². The Bertz CT molecular complexity index is 1300. The molecule has 0 spiro atoms. The lowest BCUT2D eigenvalue weighted by molar-refractivity contribution is -0.114. The Morgan fingerprint density at radius 2 is 1.71 bits per heavy atom. The van der Waals surface area contributed by atoms with Crippen LogP contribution in [0.15, 0.2) is 59.5 Å². The van der Waals surface area contributed by atoms with Crippen LogP contribution in [-0.2, 0) is 32.4 Å². The molecule has 34 heavy (non-hydrogen) atoms. The van der Waals surface area contributed by atoms with Crippen LogP contribution in [0, 0.1) is 6.92 Å². The molecule has 4 rings (SSSR count). The minimum absolute atomic E-state index is 0.0882. The van der Waals surface area contributed by atoms with Crippen molar-refractivity contribution in [1.29, 1.82) is 0 Å². The van der Waals surface area contributed by atoms with Crippen molar-refractivity contribution in [2.24, 2.45) is 0 Å². The molecule has 0 saturated heterocycles. The number of ether oxygens (including phenoxy) is 1. The van der Waals surface area contributed by atoms with E-state index in [9.17, 15) is 18.0 Å². The van der Waals surface area contributed by atoms with Crippen LogP contribution in [0.3, 0.4) is 0 Å². The number of nitrogens with zero attached hydrogens (tertiary/aromatic N) is 1. The third-order valence-electron chi connectivity index (χ3n) is 5.75. The minimum Gasteiger partial charge on any atom is -0.465 e. The number of benzene rings is 2. The molecule has 7 nitrogen and oxygen atoms in total. The number of rotatable bonds is 7. The maximum Gasteiger partial charge on any atom is 0.341 e. The first-order chi connectivity index (χ1) is 16.3. The number of carbonyl (C=O) groups is 2. The molecule has 1 aromatic heterocycles. The lowest BCUT2D eigenvalue weighted by Crippen LogP contribution is -2.38. The predicted octanol–water partition coefficient (Wildman–Crippen LogP) is 4.56. The molecule has 0 atom stereocenters. The van der Waals surface area contributed by atoms with Crippen LogP contribution in [0.4, 0.5) is 10.7 Å².